The fourth-order valence-corrected chi connectivity index (χ4v) is 3.12. The predicted molar refractivity (Wildman–Crippen MR) is 103 cm³/mol. The minimum atomic E-state index is -0.0992. The van der Waals surface area contributed by atoms with E-state index in [2.05, 4.69) is 10.3 Å². The molecule has 128 valence electrons. The van der Waals surface area contributed by atoms with Crippen molar-refractivity contribution < 1.29 is 4.79 Å². The molecule has 2 aromatic rings. The highest BCUT2D eigenvalue weighted by Crippen LogP contribution is 2.32. The molecule has 0 saturated carbocycles. The Balaban J connectivity index is 0.00000242. The van der Waals surface area contributed by atoms with E-state index < -0.39 is 0 Å². The minimum absolute atomic E-state index is 0. The molecule has 0 radical (unpaired) electrons. The topological polar surface area (TPSA) is 45.2 Å². The van der Waals surface area contributed by atoms with Crippen LogP contribution in [-0.2, 0) is 0 Å². The summed E-state index contributed by atoms with van der Waals surface area (Å²) in [6, 6.07) is 5.23. The van der Waals surface area contributed by atoms with Gasteiger partial charge in [0.25, 0.3) is 5.91 Å². The molecule has 0 aliphatic heterocycles. The Morgan fingerprint density at radius 1 is 1.35 bits per heavy atom. The molecule has 1 heterocycles. The van der Waals surface area contributed by atoms with Crippen LogP contribution in [0.4, 0.5) is 0 Å². The number of likely N-dealkylation sites (N-methyl/N-ethyl adjacent to an activating group) is 2. The van der Waals surface area contributed by atoms with Gasteiger partial charge in [-0.1, -0.05) is 23.2 Å². The van der Waals surface area contributed by atoms with Crippen LogP contribution in [0.3, 0.4) is 0 Å². The monoisotopic (exact) mass is 415 g/mol. The van der Waals surface area contributed by atoms with Gasteiger partial charge in [0.05, 0.1) is 5.02 Å². The predicted octanol–water partition coefficient (Wildman–Crippen LogP) is 4.25. The summed E-state index contributed by atoms with van der Waals surface area (Å²) in [6.45, 7) is 1.37. The van der Waals surface area contributed by atoms with Crippen molar-refractivity contribution in [2.75, 3.05) is 27.2 Å². The van der Waals surface area contributed by atoms with Gasteiger partial charge in [0, 0.05) is 36.1 Å². The molecule has 0 aliphatic rings. The lowest BCUT2D eigenvalue weighted by Gasteiger charge is -2.15. The Morgan fingerprint density at radius 3 is 2.65 bits per heavy atom. The van der Waals surface area contributed by atoms with Crippen molar-refractivity contribution in [2.45, 2.75) is 0 Å². The fourth-order valence-electron chi connectivity index (χ4n) is 1.74. The third kappa shape index (κ3) is 5.78. The van der Waals surface area contributed by atoms with Crippen LogP contribution in [0.25, 0.3) is 10.6 Å². The van der Waals surface area contributed by atoms with Crippen LogP contribution in [0, 0.1) is 0 Å². The average molecular weight is 417 g/mol. The van der Waals surface area contributed by atoms with Crippen molar-refractivity contribution in [3.8, 4) is 10.6 Å². The van der Waals surface area contributed by atoms with Gasteiger partial charge < -0.3 is 10.2 Å². The molecule has 0 unspecified atom stereocenters. The second-order valence-corrected chi connectivity index (χ2v) is 6.19. The smallest absolute Gasteiger partial charge is 0.273 e. The average Bonchev–Trinajstić information content (AvgIpc) is 2.93. The number of amides is 1. The normalized spacial score (nSPS) is 9.74. The summed E-state index contributed by atoms with van der Waals surface area (Å²) in [6.07, 6.45) is 0. The Labute approximate surface area is 162 Å². The van der Waals surface area contributed by atoms with Crippen LogP contribution >= 0.6 is 59.4 Å². The van der Waals surface area contributed by atoms with Crippen molar-refractivity contribution in [2.24, 2.45) is 0 Å². The van der Waals surface area contributed by atoms with Gasteiger partial charge in [0.1, 0.15) is 10.7 Å². The third-order valence-electron chi connectivity index (χ3n) is 2.93. The lowest BCUT2D eigenvalue weighted by atomic mass is 10.2. The molecule has 0 saturated heterocycles. The lowest BCUT2D eigenvalue weighted by Crippen LogP contribution is -2.32. The zero-order chi connectivity index (χ0) is 15.4. The second kappa shape index (κ2) is 10.3. The number of halogens is 4. The first kappa shape index (κ1) is 22.4. The number of hydrogen-bond donors (Lipinski definition) is 1. The largest absolute Gasteiger partial charge is 0.339 e. The summed E-state index contributed by atoms with van der Waals surface area (Å²) < 4.78 is 0. The van der Waals surface area contributed by atoms with Crippen molar-refractivity contribution in [3.63, 3.8) is 0 Å². The maximum Gasteiger partial charge on any atom is 0.273 e. The zero-order valence-corrected chi connectivity index (χ0v) is 16.5. The quantitative estimate of drug-likeness (QED) is 0.792. The van der Waals surface area contributed by atoms with Gasteiger partial charge >= 0.3 is 0 Å². The van der Waals surface area contributed by atoms with E-state index in [0.717, 1.165) is 12.1 Å². The molecule has 2 rings (SSSR count). The van der Waals surface area contributed by atoms with E-state index in [1.807, 2.05) is 13.1 Å². The number of nitrogens with one attached hydrogen (secondary N) is 1. The first-order valence-corrected chi connectivity index (χ1v) is 7.97. The molecule has 0 bridgehead atoms. The summed E-state index contributed by atoms with van der Waals surface area (Å²) >= 11 is 13.4. The van der Waals surface area contributed by atoms with Gasteiger partial charge in [-0.15, -0.1) is 36.2 Å². The highest BCUT2D eigenvalue weighted by atomic mass is 35.5. The number of thiazole rings is 1. The van der Waals surface area contributed by atoms with Gasteiger partial charge in [-0.3, -0.25) is 4.79 Å². The number of hydrogen-bond acceptors (Lipinski definition) is 4. The van der Waals surface area contributed by atoms with Gasteiger partial charge in [-0.2, -0.15) is 0 Å². The molecule has 0 spiro atoms. The SMILES string of the molecule is CNCCN(C)C(=O)c1csc(-c2ccc(Cl)cc2Cl)n1.Cl.Cl. The van der Waals surface area contributed by atoms with E-state index in [1.165, 1.54) is 11.3 Å². The molecule has 4 nitrogen and oxygen atoms in total. The van der Waals surface area contributed by atoms with Gasteiger partial charge in [0.15, 0.2) is 0 Å². The van der Waals surface area contributed by atoms with E-state index >= 15 is 0 Å². The number of nitrogens with zero attached hydrogens (tertiary/aromatic N) is 2. The maximum atomic E-state index is 12.2. The highest BCUT2D eigenvalue weighted by Gasteiger charge is 2.16. The molecular weight excluding hydrogens is 400 g/mol. The van der Waals surface area contributed by atoms with Crippen LogP contribution in [0.5, 0.6) is 0 Å². The standard InChI is InChI=1S/C14H15Cl2N3OS.2ClH/c1-17-5-6-19(2)14(20)12-8-21-13(18-12)10-4-3-9(15)7-11(10)16;;/h3-4,7-8,17H,5-6H2,1-2H3;2*1H. The summed E-state index contributed by atoms with van der Waals surface area (Å²) in [7, 11) is 3.61. The van der Waals surface area contributed by atoms with Crippen LogP contribution in [0.15, 0.2) is 23.6 Å². The molecule has 0 fully saturated rings. The Bertz CT molecular complexity index is 651. The Kier molecular flexibility index (Phi) is 10.1. The number of benzene rings is 1. The number of aromatic nitrogens is 1. The maximum absolute atomic E-state index is 12.2. The van der Waals surface area contributed by atoms with Crippen LogP contribution < -0.4 is 5.32 Å². The zero-order valence-electron chi connectivity index (χ0n) is 12.5. The number of carbonyl (C=O) groups excluding carboxylic acids is 1. The number of carbonyl (C=O) groups is 1. The molecule has 0 atom stereocenters. The summed E-state index contributed by atoms with van der Waals surface area (Å²) in [4.78, 5) is 18.2. The summed E-state index contributed by atoms with van der Waals surface area (Å²) in [5.74, 6) is -0.0992. The molecule has 1 aromatic carbocycles. The molecule has 1 amide bonds. The summed E-state index contributed by atoms with van der Waals surface area (Å²) in [5, 5.41) is 6.57. The lowest BCUT2D eigenvalue weighted by molar-refractivity contribution is 0.0792. The van der Waals surface area contributed by atoms with Gasteiger partial charge in [-0.05, 0) is 25.2 Å². The fraction of sp³-hybridized carbons (Fsp3) is 0.286. The van der Waals surface area contributed by atoms with E-state index in [9.17, 15) is 4.79 Å². The minimum Gasteiger partial charge on any atom is -0.339 e. The van der Waals surface area contributed by atoms with E-state index in [4.69, 9.17) is 23.2 Å². The number of rotatable bonds is 5. The summed E-state index contributed by atoms with van der Waals surface area (Å²) in [5.41, 5.74) is 1.21. The molecular formula is C14H17Cl4N3OS. The van der Waals surface area contributed by atoms with Crippen molar-refractivity contribution in [1.29, 1.82) is 0 Å². The molecule has 1 aromatic heterocycles. The third-order valence-corrected chi connectivity index (χ3v) is 4.35. The van der Waals surface area contributed by atoms with Crippen LogP contribution in [-0.4, -0.2) is 43.0 Å². The van der Waals surface area contributed by atoms with Crippen molar-refractivity contribution in [1.82, 2.24) is 15.2 Å². The molecule has 0 aliphatic carbocycles. The van der Waals surface area contributed by atoms with E-state index in [-0.39, 0.29) is 30.7 Å². The first-order chi connectivity index (χ1) is 10.0. The molecule has 1 N–H and O–H groups in total. The van der Waals surface area contributed by atoms with Crippen LogP contribution in [0.1, 0.15) is 10.5 Å². The van der Waals surface area contributed by atoms with Crippen molar-refractivity contribution in [3.05, 3.63) is 39.3 Å². The second-order valence-electron chi connectivity index (χ2n) is 4.49. The highest BCUT2D eigenvalue weighted by molar-refractivity contribution is 7.13. The Morgan fingerprint density at radius 2 is 2.04 bits per heavy atom. The molecule has 23 heavy (non-hydrogen) atoms. The van der Waals surface area contributed by atoms with Crippen molar-refractivity contribution >= 4 is 65.3 Å². The van der Waals surface area contributed by atoms with Gasteiger partial charge in [-0.25, -0.2) is 4.98 Å². The van der Waals surface area contributed by atoms with E-state index in [1.54, 1.807) is 29.5 Å². The Hall–Kier alpha value is -0.560. The first-order valence-electron chi connectivity index (χ1n) is 6.34. The van der Waals surface area contributed by atoms with Gasteiger partial charge in [0.2, 0.25) is 0 Å². The van der Waals surface area contributed by atoms with E-state index in [0.29, 0.717) is 27.3 Å². The molecule has 9 heteroatoms. The van der Waals surface area contributed by atoms with Crippen LogP contribution in [0.2, 0.25) is 10.0 Å².